The standard InChI is InChI=1S/C15H20O3/c1-4-6-13-8-7-12(3)11-14(13)17-9-10-18-15(16)5-2/h5,7-8,11H,2,4,6,9-10H2,1,3H3. The van der Waals surface area contributed by atoms with Gasteiger partial charge in [0.1, 0.15) is 19.0 Å². The van der Waals surface area contributed by atoms with Crippen LogP contribution < -0.4 is 4.74 Å². The Bertz CT molecular complexity index is 410. The fourth-order valence-electron chi connectivity index (χ4n) is 1.62. The van der Waals surface area contributed by atoms with Crippen LogP contribution in [0, 0.1) is 6.92 Å². The van der Waals surface area contributed by atoms with Crippen molar-refractivity contribution in [2.24, 2.45) is 0 Å². The Balaban J connectivity index is 2.52. The summed E-state index contributed by atoms with van der Waals surface area (Å²) in [5.41, 5.74) is 2.35. The molecule has 0 bridgehead atoms. The van der Waals surface area contributed by atoms with Crippen molar-refractivity contribution in [1.82, 2.24) is 0 Å². The van der Waals surface area contributed by atoms with E-state index in [-0.39, 0.29) is 6.61 Å². The zero-order chi connectivity index (χ0) is 13.4. The Labute approximate surface area is 108 Å². The molecule has 0 heterocycles. The van der Waals surface area contributed by atoms with Gasteiger partial charge in [0, 0.05) is 6.08 Å². The van der Waals surface area contributed by atoms with Gasteiger partial charge in [-0.2, -0.15) is 0 Å². The summed E-state index contributed by atoms with van der Waals surface area (Å²) in [7, 11) is 0. The van der Waals surface area contributed by atoms with Crippen LogP contribution in [0.3, 0.4) is 0 Å². The molecule has 0 unspecified atom stereocenters. The van der Waals surface area contributed by atoms with Crippen molar-refractivity contribution < 1.29 is 14.3 Å². The van der Waals surface area contributed by atoms with Gasteiger partial charge < -0.3 is 9.47 Å². The van der Waals surface area contributed by atoms with Gasteiger partial charge in [-0.25, -0.2) is 4.79 Å². The molecule has 0 amide bonds. The van der Waals surface area contributed by atoms with Crippen molar-refractivity contribution in [3.8, 4) is 5.75 Å². The Hall–Kier alpha value is -1.77. The fraction of sp³-hybridized carbons (Fsp3) is 0.400. The average molecular weight is 248 g/mol. The van der Waals surface area contributed by atoms with Gasteiger partial charge >= 0.3 is 5.97 Å². The zero-order valence-electron chi connectivity index (χ0n) is 11.1. The molecule has 3 heteroatoms. The van der Waals surface area contributed by atoms with E-state index in [1.54, 1.807) is 0 Å². The van der Waals surface area contributed by atoms with Crippen molar-refractivity contribution >= 4 is 5.97 Å². The number of hydrogen-bond donors (Lipinski definition) is 0. The molecule has 18 heavy (non-hydrogen) atoms. The van der Waals surface area contributed by atoms with Gasteiger partial charge in [-0.15, -0.1) is 0 Å². The number of aryl methyl sites for hydroxylation is 2. The lowest BCUT2D eigenvalue weighted by molar-refractivity contribution is -0.138. The molecule has 0 aliphatic rings. The van der Waals surface area contributed by atoms with Crippen LogP contribution in [0.1, 0.15) is 24.5 Å². The Morgan fingerprint density at radius 2 is 2.17 bits per heavy atom. The Morgan fingerprint density at radius 1 is 1.39 bits per heavy atom. The molecule has 0 aromatic heterocycles. The number of hydrogen-bond acceptors (Lipinski definition) is 3. The third-order valence-corrected chi connectivity index (χ3v) is 2.49. The zero-order valence-corrected chi connectivity index (χ0v) is 11.1. The first-order chi connectivity index (χ1) is 8.67. The molecule has 0 aliphatic heterocycles. The highest BCUT2D eigenvalue weighted by Gasteiger charge is 2.04. The lowest BCUT2D eigenvalue weighted by atomic mass is 10.1. The van der Waals surface area contributed by atoms with Gasteiger partial charge in [-0.05, 0) is 30.5 Å². The molecule has 1 aromatic rings. The second-order valence-electron chi connectivity index (χ2n) is 4.08. The number of carbonyl (C=O) groups is 1. The van der Waals surface area contributed by atoms with Crippen molar-refractivity contribution in [2.75, 3.05) is 13.2 Å². The van der Waals surface area contributed by atoms with E-state index in [0.29, 0.717) is 6.61 Å². The van der Waals surface area contributed by atoms with Gasteiger partial charge in [0.2, 0.25) is 0 Å². The highest BCUT2D eigenvalue weighted by molar-refractivity contribution is 5.81. The Morgan fingerprint density at radius 3 is 2.83 bits per heavy atom. The van der Waals surface area contributed by atoms with Crippen LogP contribution in [-0.2, 0) is 16.0 Å². The van der Waals surface area contributed by atoms with Crippen molar-refractivity contribution in [2.45, 2.75) is 26.7 Å². The molecule has 0 aliphatic carbocycles. The normalized spacial score (nSPS) is 9.89. The molecular weight excluding hydrogens is 228 g/mol. The van der Waals surface area contributed by atoms with E-state index in [1.165, 1.54) is 5.56 Å². The summed E-state index contributed by atoms with van der Waals surface area (Å²) in [6.07, 6.45) is 3.21. The summed E-state index contributed by atoms with van der Waals surface area (Å²) in [6.45, 7) is 8.10. The van der Waals surface area contributed by atoms with Crippen LogP contribution in [0.4, 0.5) is 0 Å². The maximum Gasteiger partial charge on any atom is 0.330 e. The summed E-state index contributed by atoms with van der Waals surface area (Å²) in [4.78, 5) is 10.9. The van der Waals surface area contributed by atoms with Gasteiger partial charge in [-0.1, -0.05) is 32.1 Å². The van der Waals surface area contributed by atoms with E-state index < -0.39 is 5.97 Å². The number of benzene rings is 1. The number of ether oxygens (including phenoxy) is 2. The fourth-order valence-corrected chi connectivity index (χ4v) is 1.62. The van der Waals surface area contributed by atoms with E-state index in [4.69, 9.17) is 9.47 Å². The maximum atomic E-state index is 10.9. The summed E-state index contributed by atoms with van der Waals surface area (Å²) >= 11 is 0. The van der Waals surface area contributed by atoms with Gasteiger partial charge in [0.05, 0.1) is 0 Å². The first-order valence-corrected chi connectivity index (χ1v) is 6.19. The summed E-state index contributed by atoms with van der Waals surface area (Å²) < 4.78 is 10.5. The monoisotopic (exact) mass is 248 g/mol. The first kappa shape index (κ1) is 14.3. The molecule has 0 fully saturated rings. The predicted molar refractivity (Wildman–Crippen MR) is 71.8 cm³/mol. The topological polar surface area (TPSA) is 35.5 Å². The predicted octanol–water partition coefficient (Wildman–Crippen LogP) is 3.06. The first-order valence-electron chi connectivity index (χ1n) is 6.19. The van der Waals surface area contributed by atoms with Gasteiger partial charge in [0.25, 0.3) is 0 Å². The maximum absolute atomic E-state index is 10.9. The highest BCUT2D eigenvalue weighted by Crippen LogP contribution is 2.21. The van der Waals surface area contributed by atoms with E-state index in [9.17, 15) is 4.79 Å². The quantitative estimate of drug-likeness (QED) is 0.422. The summed E-state index contributed by atoms with van der Waals surface area (Å²) in [5, 5.41) is 0. The number of carbonyl (C=O) groups excluding carboxylic acids is 1. The minimum atomic E-state index is -0.420. The van der Waals surface area contributed by atoms with Crippen LogP contribution in [0.2, 0.25) is 0 Å². The molecule has 0 saturated carbocycles. The van der Waals surface area contributed by atoms with E-state index in [0.717, 1.165) is 30.2 Å². The van der Waals surface area contributed by atoms with E-state index >= 15 is 0 Å². The van der Waals surface area contributed by atoms with Crippen LogP contribution in [0.25, 0.3) is 0 Å². The van der Waals surface area contributed by atoms with E-state index in [2.05, 4.69) is 25.6 Å². The van der Waals surface area contributed by atoms with Crippen molar-refractivity contribution in [3.63, 3.8) is 0 Å². The highest BCUT2D eigenvalue weighted by atomic mass is 16.6. The van der Waals surface area contributed by atoms with Crippen LogP contribution in [0.5, 0.6) is 5.75 Å². The van der Waals surface area contributed by atoms with Crippen LogP contribution >= 0.6 is 0 Å². The molecule has 0 spiro atoms. The molecule has 0 atom stereocenters. The Kier molecular flexibility index (Phi) is 5.98. The minimum Gasteiger partial charge on any atom is -0.490 e. The molecule has 1 aromatic carbocycles. The SMILES string of the molecule is C=CC(=O)OCCOc1cc(C)ccc1CCC. The summed E-state index contributed by atoms with van der Waals surface area (Å²) in [6, 6.07) is 6.18. The number of rotatable bonds is 7. The smallest absolute Gasteiger partial charge is 0.330 e. The van der Waals surface area contributed by atoms with Crippen LogP contribution in [-0.4, -0.2) is 19.2 Å². The molecule has 3 nitrogen and oxygen atoms in total. The van der Waals surface area contributed by atoms with Crippen molar-refractivity contribution in [3.05, 3.63) is 42.0 Å². The molecule has 1 rings (SSSR count). The summed E-state index contributed by atoms with van der Waals surface area (Å²) in [5.74, 6) is 0.461. The van der Waals surface area contributed by atoms with Crippen molar-refractivity contribution in [1.29, 1.82) is 0 Å². The molecule has 0 N–H and O–H groups in total. The lowest BCUT2D eigenvalue weighted by Crippen LogP contribution is -2.11. The van der Waals surface area contributed by atoms with Crippen LogP contribution in [0.15, 0.2) is 30.9 Å². The second kappa shape index (κ2) is 7.54. The third-order valence-electron chi connectivity index (χ3n) is 2.49. The van der Waals surface area contributed by atoms with Gasteiger partial charge in [0.15, 0.2) is 0 Å². The number of esters is 1. The van der Waals surface area contributed by atoms with E-state index in [1.807, 2.05) is 13.0 Å². The lowest BCUT2D eigenvalue weighted by Gasteiger charge is -2.12. The second-order valence-corrected chi connectivity index (χ2v) is 4.08. The molecular formula is C15H20O3. The van der Waals surface area contributed by atoms with Gasteiger partial charge in [-0.3, -0.25) is 0 Å². The molecule has 98 valence electrons. The average Bonchev–Trinajstić information content (AvgIpc) is 2.37. The largest absolute Gasteiger partial charge is 0.490 e. The molecule has 0 saturated heterocycles. The third kappa shape index (κ3) is 4.62. The minimum absolute atomic E-state index is 0.240. The molecule has 0 radical (unpaired) electrons.